The second-order valence-corrected chi connectivity index (χ2v) is 5.21. The summed E-state index contributed by atoms with van der Waals surface area (Å²) in [5, 5.41) is 4.19. The quantitative estimate of drug-likeness (QED) is 0.744. The summed E-state index contributed by atoms with van der Waals surface area (Å²) in [5.74, 6) is 0. The van der Waals surface area contributed by atoms with Crippen molar-refractivity contribution in [3.05, 3.63) is 46.5 Å². The van der Waals surface area contributed by atoms with Gasteiger partial charge in [0.2, 0.25) is 0 Å². The average Bonchev–Trinajstić information content (AvgIpc) is 2.91. The van der Waals surface area contributed by atoms with Crippen LogP contribution in [0.5, 0.6) is 0 Å². The fourth-order valence-electron chi connectivity index (χ4n) is 2.46. The first-order chi connectivity index (χ1) is 9.15. The molecule has 3 rings (SSSR count). The molecule has 0 bridgehead atoms. The SMILES string of the molecule is Cc1cccc2[nH]c(=S)n(CCc3cnn(C)c3)c12. The Morgan fingerprint density at radius 3 is 2.95 bits per heavy atom. The fourth-order valence-corrected chi connectivity index (χ4v) is 2.75. The van der Waals surface area contributed by atoms with Crippen LogP contribution in [0.4, 0.5) is 0 Å². The van der Waals surface area contributed by atoms with Crippen LogP contribution in [-0.2, 0) is 20.0 Å². The number of aromatic amines is 1. The van der Waals surface area contributed by atoms with E-state index in [0.717, 1.165) is 23.3 Å². The first-order valence-corrected chi connectivity index (χ1v) is 6.71. The Balaban J connectivity index is 1.96. The zero-order valence-corrected chi connectivity index (χ0v) is 11.9. The van der Waals surface area contributed by atoms with Crippen LogP contribution in [0.1, 0.15) is 11.1 Å². The summed E-state index contributed by atoms with van der Waals surface area (Å²) in [7, 11) is 1.94. The molecule has 0 aliphatic rings. The Kier molecular flexibility index (Phi) is 2.98. The van der Waals surface area contributed by atoms with Crippen molar-refractivity contribution in [1.82, 2.24) is 19.3 Å². The zero-order chi connectivity index (χ0) is 13.4. The van der Waals surface area contributed by atoms with E-state index in [-0.39, 0.29) is 0 Å². The molecule has 0 aliphatic heterocycles. The number of hydrogen-bond acceptors (Lipinski definition) is 2. The number of benzene rings is 1. The molecule has 0 unspecified atom stereocenters. The predicted molar refractivity (Wildman–Crippen MR) is 78.8 cm³/mol. The van der Waals surface area contributed by atoms with Crippen LogP contribution in [-0.4, -0.2) is 19.3 Å². The maximum absolute atomic E-state index is 5.42. The first-order valence-electron chi connectivity index (χ1n) is 6.31. The molecule has 4 nitrogen and oxygen atoms in total. The highest BCUT2D eigenvalue weighted by molar-refractivity contribution is 7.71. The summed E-state index contributed by atoms with van der Waals surface area (Å²) in [4.78, 5) is 3.27. The lowest BCUT2D eigenvalue weighted by Crippen LogP contribution is -2.01. The predicted octanol–water partition coefficient (Wildman–Crippen LogP) is 2.98. The second-order valence-electron chi connectivity index (χ2n) is 4.83. The molecule has 0 atom stereocenters. The molecule has 0 amide bonds. The van der Waals surface area contributed by atoms with Gasteiger partial charge >= 0.3 is 0 Å². The van der Waals surface area contributed by atoms with Crippen LogP contribution in [0.15, 0.2) is 30.6 Å². The van der Waals surface area contributed by atoms with Crippen LogP contribution in [0.25, 0.3) is 11.0 Å². The molecule has 0 radical (unpaired) electrons. The molecule has 98 valence electrons. The van der Waals surface area contributed by atoms with Gasteiger partial charge in [-0.05, 0) is 42.8 Å². The van der Waals surface area contributed by atoms with E-state index in [1.54, 1.807) is 0 Å². The van der Waals surface area contributed by atoms with Gasteiger partial charge in [-0.1, -0.05) is 12.1 Å². The summed E-state index contributed by atoms with van der Waals surface area (Å²) in [6, 6.07) is 6.23. The van der Waals surface area contributed by atoms with Gasteiger partial charge in [-0.15, -0.1) is 0 Å². The molecular formula is C14H16N4S. The monoisotopic (exact) mass is 272 g/mol. The van der Waals surface area contributed by atoms with Gasteiger partial charge in [0.15, 0.2) is 4.77 Å². The minimum Gasteiger partial charge on any atom is -0.331 e. The molecule has 0 saturated heterocycles. The average molecular weight is 272 g/mol. The van der Waals surface area contributed by atoms with E-state index in [1.807, 2.05) is 30.2 Å². The third-order valence-electron chi connectivity index (χ3n) is 3.38. The fraction of sp³-hybridized carbons (Fsp3) is 0.286. The number of fused-ring (bicyclic) bond motifs is 1. The van der Waals surface area contributed by atoms with Crippen molar-refractivity contribution < 1.29 is 0 Å². The van der Waals surface area contributed by atoms with Gasteiger partial charge in [0.05, 0.1) is 17.2 Å². The molecular weight excluding hydrogens is 256 g/mol. The number of aromatic nitrogens is 4. The van der Waals surface area contributed by atoms with Crippen LogP contribution >= 0.6 is 12.2 Å². The van der Waals surface area contributed by atoms with Crippen LogP contribution < -0.4 is 0 Å². The van der Waals surface area contributed by atoms with Gasteiger partial charge in [-0.25, -0.2) is 0 Å². The van der Waals surface area contributed by atoms with Crippen molar-refractivity contribution in [1.29, 1.82) is 0 Å². The number of nitrogens with one attached hydrogen (secondary N) is 1. The van der Waals surface area contributed by atoms with Gasteiger partial charge in [0.1, 0.15) is 0 Å². The minimum absolute atomic E-state index is 0.785. The zero-order valence-electron chi connectivity index (χ0n) is 11.1. The normalized spacial score (nSPS) is 11.3. The molecule has 3 aromatic rings. The second kappa shape index (κ2) is 4.66. The Morgan fingerprint density at radius 1 is 1.37 bits per heavy atom. The van der Waals surface area contributed by atoms with E-state index in [1.165, 1.54) is 16.6 Å². The van der Waals surface area contributed by atoms with E-state index in [0.29, 0.717) is 0 Å². The van der Waals surface area contributed by atoms with Gasteiger partial charge < -0.3 is 9.55 Å². The van der Waals surface area contributed by atoms with Crippen molar-refractivity contribution >= 4 is 23.3 Å². The van der Waals surface area contributed by atoms with Crippen molar-refractivity contribution in [2.45, 2.75) is 19.9 Å². The lowest BCUT2D eigenvalue weighted by atomic mass is 10.2. The Bertz CT molecular complexity index is 778. The summed E-state index contributed by atoms with van der Waals surface area (Å²) in [6.07, 6.45) is 4.89. The number of para-hydroxylation sites is 1. The summed E-state index contributed by atoms with van der Waals surface area (Å²) in [5.41, 5.74) is 4.79. The van der Waals surface area contributed by atoms with Crippen LogP contribution in [0.3, 0.4) is 0 Å². The van der Waals surface area contributed by atoms with Gasteiger partial charge in [-0.2, -0.15) is 5.10 Å². The molecule has 0 fully saturated rings. The van der Waals surface area contributed by atoms with Crippen molar-refractivity contribution in [2.24, 2.45) is 7.05 Å². The molecule has 2 heterocycles. The van der Waals surface area contributed by atoms with E-state index in [4.69, 9.17) is 12.2 Å². The van der Waals surface area contributed by atoms with Crippen LogP contribution in [0, 0.1) is 11.7 Å². The molecule has 2 aromatic heterocycles. The minimum atomic E-state index is 0.785. The van der Waals surface area contributed by atoms with Gasteiger partial charge in [0.25, 0.3) is 0 Å². The summed E-state index contributed by atoms with van der Waals surface area (Å²) < 4.78 is 4.79. The highest BCUT2D eigenvalue weighted by Gasteiger charge is 2.07. The van der Waals surface area contributed by atoms with Crippen molar-refractivity contribution in [3.8, 4) is 0 Å². The van der Waals surface area contributed by atoms with Gasteiger partial charge in [-0.3, -0.25) is 4.68 Å². The number of imidazole rings is 1. The maximum atomic E-state index is 5.42. The lowest BCUT2D eigenvalue weighted by molar-refractivity contribution is 0.704. The van der Waals surface area contributed by atoms with Crippen LogP contribution in [0.2, 0.25) is 0 Å². The summed E-state index contributed by atoms with van der Waals surface area (Å²) >= 11 is 5.42. The third kappa shape index (κ3) is 2.21. The standard InChI is InChI=1S/C14H16N4S/c1-10-4-3-5-12-13(10)18(14(19)16-12)7-6-11-8-15-17(2)9-11/h3-5,8-9H,6-7H2,1-2H3,(H,16,19). The molecule has 0 aliphatic carbocycles. The Labute approximate surface area is 116 Å². The highest BCUT2D eigenvalue weighted by atomic mass is 32.1. The molecule has 5 heteroatoms. The number of hydrogen-bond donors (Lipinski definition) is 1. The van der Waals surface area contributed by atoms with Gasteiger partial charge in [0, 0.05) is 19.8 Å². The Hall–Kier alpha value is -1.88. The van der Waals surface area contributed by atoms with E-state index >= 15 is 0 Å². The lowest BCUT2D eigenvalue weighted by Gasteiger charge is -2.05. The molecule has 19 heavy (non-hydrogen) atoms. The van der Waals surface area contributed by atoms with Crippen molar-refractivity contribution in [2.75, 3.05) is 0 Å². The molecule has 1 N–H and O–H groups in total. The number of H-pyrrole nitrogens is 1. The Morgan fingerprint density at radius 2 is 2.21 bits per heavy atom. The smallest absolute Gasteiger partial charge is 0.178 e. The third-order valence-corrected chi connectivity index (χ3v) is 3.70. The van der Waals surface area contributed by atoms with E-state index in [9.17, 15) is 0 Å². The molecule has 1 aromatic carbocycles. The number of nitrogens with zero attached hydrogens (tertiary/aromatic N) is 3. The number of rotatable bonds is 3. The largest absolute Gasteiger partial charge is 0.331 e. The summed E-state index contributed by atoms with van der Waals surface area (Å²) in [6.45, 7) is 2.99. The first kappa shape index (κ1) is 12.2. The highest BCUT2D eigenvalue weighted by Crippen LogP contribution is 2.18. The van der Waals surface area contributed by atoms with E-state index < -0.39 is 0 Å². The number of aryl methyl sites for hydroxylation is 4. The topological polar surface area (TPSA) is 38.5 Å². The molecule has 0 spiro atoms. The van der Waals surface area contributed by atoms with E-state index in [2.05, 4.69) is 33.7 Å². The maximum Gasteiger partial charge on any atom is 0.178 e. The van der Waals surface area contributed by atoms with Crippen molar-refractivity contribution in [3.63, 3.8) is 0 Å². The molecule has 0 saturated carbocycles.